The molecule has 0 aliphatic rings. The zero-order valence-corrected chi connectivity index (χ0v) is 11.3. The van der Waals surface area contributed by atoms with Crippen molar-refractivity contribution in [1.29, 1.82) is 0 Å². The number of nitrogens with zero attached hydrogens (tertiary/aromatic N) is 2. The summed E-state index contributed by atoms with van der Waals surface area (Å²) >= 11 is 4.73. The van der Waals surface area contributed by atoms with Gasteiger partial charge in [-0.3, -0.25) is 9.48 Å². The molecule has 2 heterocycles. The Kier molecular flexibility index (Phi) is 3.80. The number of thiophene rings is 1. The van der Waals surface area contributed by atoms with Gasteiger partial charge >= 0.3 is 0 Å². The predicted octanol–water partition coefficient (Wildman–Crippen LogP) is 1.72. The van der Waals surface area contributed by atoms with E-state index < -0.39 is 0 Å². The highest BCUT2D eigenvalue weighted by molar-refractivity contribution is 9.11. The van der Waals surface area contributed by atoms with E-state index in [1.165, 1.54) is 11.3 Å². The van der Waals surface area contributed by atoms with Crippen LogP contribution in [0.15, 0.2) is 28.3 Å². The van der Waals surface area contributed by atoms with Gasteiger partial charge in [-0.05, 0) is 28.1 Å². The number of carbonyl (C=O) groups excluding carboxylic acids is 1. The molecule has 0 saturated carbocycles. The Morgan fingerprint density at radius 3 is 3.00 bits per heavy atom. The molecule has 0 radical (unpaired) electrons. The van der Waals surface area contributed by atoms with E-state index in [9.17, 15) is 4.79 Å². The number of hydrogen-bond acceptors (Lipinski definition) is 4. The van der Waals surface area contributed by atoms with Gasteiger partial charge in [0.1, 0.15) is 0 Å². The van der Waals surface area contributed by atoms with Crippen LogP contribution in [0.2, 0.25) is 0 Å². The van der Waals surface area contributed by atoms with Crippen molar-refractivity contribution in [1.82, 2.24) is 15.1 Å². The molecular weight excluding hydrogens is 304 g/mol. The molecule has 0 bridgehead atoms. The third-order valence-electron chi connectivity index (χ3n) is 2.08. The summed E-state index contributed by atoms with van der Waals surface area (Å²) < 4.78 is 2.64. The maximum absolute atomic E-state index is 11.7. The van der Waals surface area contributed by atoms with Crippen molar-refractivity contribution in [3.05, 3.63) is 33.2 Å². The molecule has 17 heavy (non-hydrogen) atoms. The van der Waals surface area contributed by atoms with Crippen LogP contribution in [0.5, 0.6) is 0 Å². The van der Waals surface area contributed by atoms with Crippen LogP contribution in [0.3, 0.4) is 0 Å². The maximum Gasteiger partial charge on any atom is 0.261 e. The van der Waals surface area contributed by atoms with E-state index in [1.54, 1.807) is 23.1 Å². The third-order valence-corrected chi connectivity index (χ3v) is 3.70. The zero-order valence-electron chi connectivity index (χ0n) is 8.89. The second-order valence-corrected chi connectivity index (χ2v) is 5.86. The van der Waals surface area contributed by atoms with Gasteiger partial charge in [0.15, 0.2) is 0 Å². The molecule has 0 spiro atoms. The number of nitrogens with two attached hydrogens (primary N) is 1. The van der Waals surface area contributed by atoms with Gasteiger partial charge in [0.2, 0.25) is 0 Å². The summed E-state index contributed by atoms with van der Waals surface area (Å²) in [4.78, 5) is 12.4. The van der Waals surface area contributed by atoms with E-state index >= 15 is 0 Å². The normalized spacial score (nSPS) is 10.4. The first-order valence-corrected chi connectivity index (χ1v) is 6.57. The average molecular weight is 315 g/mol. The van der Waals surface area contributed by atoms with Crippen molar-refractivity contribution >= 4 is 38.9 Å². The lowest BCUT2D eigenvalue weighted by Gasteiger charge is -2.03. The van der Waals surface area contributed by atoms with Crippen molar-refractivity contribution in [2.45, 2.75) is 6.54 Å². The van der Waals surface area contributed by atoms with Crippen LogP contribution in [-0.4, -0.2) is 22.2 Å². The SMILES string of the molecule is Nc1cnn(CCNC(=O)c2ccc(Br)s2)c1. The van der Waals surface area contributed by atoms with E-state index in [1.807, 2.05) is 6.07 Å². The highest BCUT2D eigenvalue weighted by atomic mass is 79.9. The molecule has 2 aromatic heterocycles. The lowest BCUT2D eigenvalue weighted by molar-refractivity contribution is 0.0956. The minimum absolute atomic E-state index is 0.0687. The van der Waals surface area contributed by atoms with Crippen molar-refractivity contribution in [3.63, 3.8) is 0 Å². The summed E-state index contributed by atoms with van der Waals surface area (Å²) in [5.41, 5.74) is 6.15. The first-order valence-electron chi connectivity index (χ1n) is 4.96. The van der Waals surface area contributed by atoms with Crippen LogP contribution in [0.4, 0.5) is 5.69 Å². The summed E-state index contributed by atoms with van der Waals surface area (Å²) in [5.74, 6) is -0.0687. The largest absolute Gasteiger partial charge is 0.396 e. The van der Waals surface area contributed by atoms with Crippen molar-refractivity contribution < 1.29 is 4.79 Å². The van der Waals surface area contributed by atoms with Crippen LogP contribution >= 0.6 is 27.3 Å². The minimum atomic E-state index is -0.0687. The van der Waals surface area contributed by atoms with Gasteiger partial charge in [-0.15, -0.1) is 11.3 Å². The van der Waals surface area contributed by atoms with Crippen LogP contribution in [-0.2, 0) is 6.54 Å². The summed E-state index contributed by atoms with van der Waals surface area (Å²) in [6, 6.07) is 3.64. The topological polar surface area (TPSA) is 72.9 Å². The lowest BCUT2D eigenvalue weighted by atomic mass is 10.4. The van der Waals surface area contributed by atoms with E-state index in [4.69, 9.17) is 5.73 Å². The maximum atomic E-state index is 11.7. The van der Waals surface area contributed by atoms with E-state index in [2.05, 4.69) is 26.3 Å². The van der Waals surface area contributed by atoms with Crippen LogP contribution < -0.4 is 11.1 Å². The molecule has 2 aromatic rings. The number of halogens is 1. The van der Waals surface area contributed by atoms with Gasteiger partial charge in [-0.2, -0.15) is 5.10 Å². The highest BCUT2D eigenvalue weighted by Crippen LogP contribution is 2.21. The predicted molar refractivity (Wildman–Crippen MR) is 71.0 cm³/mol. The Morgan fingerprint density at radius 1 is 1.59 bits per heavy atom. The summed E-state index contributed by atoms with van der Waals surface area (Å²) in [6.45, 7) is 1.13. The molecule has 0 atom stereocenters. The van der Waals surface area contributed by atoms with Crippen LogP contribution in [0.1, 0.15) is 9.67 Å². The second kappa shape index (κ2) is 5.33. The van der Waals surface area contributed by atoms with Gasteiger partial charge < -0.3 is 11.1 Å². The fourth-order valence-electron chi connectivity index (χ4n) is 1.31. The Morgan fingerprint density at radius 2 is 2.41 bits per heavy atom. The third kappa shape index (κ3) is 3.31. The molecule has 3 N–H and O–H groups in total. The number of anilines is 1. The van der Waals surface area contributed by atoms with E-state index in [0.29, 0.717) is 23.7 Å². The average Bonchev–Trinajstić information content (AvgIpc) is 2.88. The number of hydrogen-bond donors (Lipinski definition) is 2. The Bertz CT molecular complexity index is 522. The van der Waals surface area contributed by atoms with Gasteiger partial charge in [0, 0.05) is 12.7 Å². The number of rotatable bonds is 4. The molecular formula is C10H11BrN4OS. The second-order valence-electron chi connectivity index (χ2n) is 3.40. The van der Waals surface area contributed by atoms with Crippen molar-refractivity contribution in [2.75, 3.05) is 12.3 Å². The molecule has 7 heteroatoms. The smallest absolute Gasteiger partial charge is 0.261 e. The molecule has 5 nitrogen and oxygen atoms in total. The molecule has 2 rings (SSSR count). The molecule has 0 saturated heterocycles. The van der Waals surface area contributed by atoms with Crippen LogP contribution in [0.25, 0.3) is 0 Å². The molecule has 90 valence electrons. The summed E-state index contributed by atoms with van der Waals surface area (Å²) in [7, 11) is 0. The molecule has 0 fully saturated rings. The summed E-state index contributed by atoms with van der Waals surface area (Å²) in [5, 5.41) is 6.84. The molecule has 0 aliphatic carbocycles. The Hall–Kier alpha value is -1.34. The van der Waals surface area contributed by atoms with E-state index in [0.717, 1.165) is 3.79 Å². The first kappa shape index (κ1) is 12.1. The van der Waals surface area contributed by atoms with Gasteiger partial charge in [-0.25, -0.2) is 0 Å². The fourth-order valence-corrected chi connectivity index (χ4v) is 2.61. The lowest BCUT2D eigenvalue weighted by Crippen LogP contribution is -2.26. The Labute approximate surface area is 111 Å². The fraction of sp³-hybridized carbons (Fsp3) is 0.200. The van der Waals surface area contributed by atoms with Gasteiger partial charge in [0.05, 0.1) is 27.1 Å². The number of nitrogen functional groups attached to an aromatic ring is 1. The molecule has 0 aromatic carbocycles. The standard InChI is InChI=1S/C10H11BrN4OS/c11-9-2-1-8(17-9)10(16)13-3-4-15-6-7(12)5-14-15/h1-2,5-6H,3-4,12H2,(H,13,16). The van der Waals surface area contributed by atoms with Crippen LogP contribution in [0, 0.1) is 0 Å². The van der Waals surface area contributed by atoms with Crippen molar-refractivity contribution in [3.8, 4) is 0 Å². The number of carbonyl (C=O) groups is 1. The molecule has 0 unspecified atom stereocenters. The first-order chi connectivity index (χ1) is 8.15. The minimum Gasteiger partial charge on any atom is -0.396 e. The molecule has 1 amide bonds. The van der Waals surface area contributed by atoms with Crippen molar-refractivity contribution in [2.24, 2.45) is 0 Å². The number of nitrogens with one attached hydrogen (secondary N) is 1. The van der Waals surface area contributed by atoms with E-state index in [-0.39, 0.29) is 5.91 Å². The Balaban J connectivity index is 1.81. The monoisotopic (exact) mass is 314 g/mol. The number of amides is 1. The highest BCUT2D eigenvalue weighted by Gasteiger charge is 2.07. The summed E-state index contributed by atoms with van der Waals surface area (Å²) in [6.07, 6.45) is 3.31. The van der Waals surface area contributed by atoms with Gasteiger partial charge in [0.25, 0.3) is 5.91 Å². The quantitative estimate of drug-likeness (QED) is 0.902. The number of aromatic nitrogens is 2. The van der Waals surface area contributed by atoms with Gasteiger partial charge in [-0.1, -0.05) is 0 Å². The molecule has 0 aliphatic heterocycles. The zero-order chi connectivity index (χ0) is 12.3.